The van der Waals surface area contributed by atoms with Crippen LogP contribution in [0, 0.1) is 5.92 Å². The van der Waals surface area contributed by atoms with Crippen LogP contribution in [0.15, 0.2) is 23.2 Å². The highest BCUT2D eigenvalue weighted by Gasteiger charge is 2.33. The van der Waals surface area contributed by atoms with Gasteiger partial charge in [0.1, 0.15) is 11.6 Å². The molecule has 19 heavy (non-hydrogen) atoms. The predicted molar refractivity (Wildman–Crippen MR) is 77.3 cm³/mol. The van der Waals surface area contributed by atoms with Gasteiger partial charge in [-0.2, -0.15) is 0 Å². The summed E-state index contributed by atoms with van der Waals surface area (Å²) in [5.74, 6) is 1.95. The molecule has 1 aliphatic carbocycles. The van der Waals surface area contributed by atoms with Gasteiger partial charge in [0, 0.05) is 12.5 Å². The Morgan fingerprint density at radius 2 is 2.26 bits per heavy atom. The van der Waals surface area contributed by atoms with Crippen LogP contribution in [-0.2, 0) is 6.42 Å². The van der Waals surface area contributed by atoms with Gasteiger partial charge in [0.2, 0.25) is 0 Å². The standard InChI is InChI=1S/C14H18N2O2.ClH/c1-18-12-4-2-3-10-9(12)5-6-11(13(10)17)14-15-7-8-16-14;/h2-4,11,13,17H,5-8H2,1H3,(H,15,16);1H/t11-,13-;/m1./s1. The van der Waals surface area contributed by atoms with Crippen molar-refractivity contribution in [3.8, 4) is 5.75 Å². The largest absolute Gasteiger partial charge is 0.496 e. The summed E-state index contributed by atoms with van der Waals surface area (Å²) in [6, 6.07) is 5.88. The fraction of sp³-hybridized carbons (Fsp3) is 0.500. The first-order chi connectivity index (χ1) is 8.81. The normalized spacial score (nSPS) is 24.8. The monoisotopic (exact) mass is 282 g/mol. The molecule has 0 unspecified atom stereocenters. The van der Waals surface area contributed by atoms with E-state index in [1.807, 2.05) is 18.2 Å². The quantitative estimate of drug-likeness (QED) is 0.868. The van der Waals surface area contributed by atoms with Crippen LogP contribution in [0.1, 0.15) is 23.7 Å². The maximum atomic E-state index is 10.5. The van der Waals surface area contributed by atoms with Crippen molar-refractivity contribution in [1.82, 2.24) is 5.32 Å². The van der Waals surface area contributed by atoms with Crippen LogP contribution < -0.4 is 10.1 Å². The Morgan fingerprint density at radius 3 is 2.95 bits per heavy atom. The number of fused-ring (bicyclic) bond motifs is 1. The fourth-order valence-corrected chi connectivity index (χ4v) is 2.94. The van der Waals surface area contributed by atoms with Crippen LogP contribution in [0.25, 0.3) is 0 Å². The van der Waals surface area contributed by atoms with Gasteiger partial charge in [-0.15, -0.1) is 12.4 Å². The topological polar surface area (TPSA) is 53.8 Å². The number of rotatable bonds is 2. The smallest absolute Gasteiger partial charge is 0.122 e. The SMILES string of the molecule is COc1cccc2c1CC[C@@H](C1=NCCN1)[C@@H]2O.Cl. The van der Waals surface area contributed by atoms with E-state index in [2.05, 4.69) is 10.3 Å². The summed E-state index contributed by atoms with van der Waals surface area (Å²) < 4.78 is 5.36. The highest BCUT2D eigenvalue weighted by Crippen LogP contribution is 2.39. The minimum absolute atomic E-state index is 0. The third kappa shape index (κ3) is 2.42. The van der Waals surface area contributed by atoms with Crippen LogP contribution in [0.4, 0.5) is 0 Å². The summed E-state index contributed by atoms with van der Waals surface area (Å²) in [6.07, 6.45) is 1.37. The number of nitrogens with zero attached hydrogens (tertiary/aromatic N) is 1. The molecular weight excluding hydrogens is 264 g/mol. The van der Waals surface area contributed by atoms with E-state index in [4.69, 9.17) is 4.74 Å². The number of aliphatic hydroxyl groups excluding tert-OH is 1. The molecule has 3 rings (SSSR count). The van der Waals surface area contributed by atoms with Crippen molar-refractivity contribution in [1.29, 1.82) is 0 Å². The minimum Gasteiger partial charge on any atom is -0.496 e. The van der Waals surface area contributed by atoms with Gasteiger partial charge in [-0.05, 0) is 30.0 Å². The Balaban J connectivity index is 0.00000133. The zero-order chi connectivity index (χ0) is 12.5. The lowest BCUT2D eigenvalue weighted by Gasteiger charge is -2.31. The molecule has 0 bridgehead atoms. The Bertz CT molecular complexity index is 490. The van der Waals surface area contributed by atoms with Gasteiger partial charge in [0.25, 0.3) is 0 Å². The van der Waals surface area contributed by atoms with Crippen molar-refractivity contribution in [3.63, 3.8) is 0 Å². The molecule has 0 radical (unpaired) electrons. The lowest BCUT2D eigenvalue weighted by molar-refractivity contribution is 0.125. The first kappa shape index (κ1) is 14.2. The summed E-state index contributed by atoms with van der Waals surface area (Å²) in [7, 11) is 1.68. The highest BCUT2D eigenvalue weighted by molar-refractivity contribution is 5.87. The van der Waals surface area contributed by atoms with Crippen molar-refractivity contribution < 1.29 is 9.84 Å². The zero-order valence-corrected chi connectivity index (χ0v) is 11.7. The molecule has 2 atom stereocenters. The molecule has 1 aromatic rings. The summed E-state index contributed by atoms with van der Waals surface area (Å²) in [6.45, 7) is 1.72. The van der Waals surface area contributed by atoms with Gasteiger partial charge in [0.15, 0.2) is 0 Å². The number of methoxy groups -OCH3 is 1. The van der Waals surface area contributed by atoms with Gasteiger partial charge < -0.3 is 15.2 Å². The molecule has 0 amide bonds. The number of hydrogen-bond donors (Lipinski definition) is 2. The zero-order valence-electron chi connectivity index (χ0n) is 10.9. The Hall–Kier alpha value is -1.26. The molecule has 1 aromatic carbocycles. The first-order valence-corrected chi connectivity index (χ1v) is 6.43. The van der Waals surface area contributed by atoms with Crippen LogP contribution in [0.2, 0.25) is 0 Å². The van der Waals surface area contributed by atoms with Crippen LogP contribution >= 0.6 is 12.4 Å². The van der Waals surface area contributed by atoms with Gasteiger partial charge in [-0.3, -0.25) is 4.99 Å². The maximum absolute atomic E-state index is 10.5. The molecule has 1 aliphatic heterocycles. The van der Waals surface area contributed by atoms with E-state index in [0.717, 1.165) is 48.6 Å². The van der Waals surface area contributed by atoms with Gasteiger partial charge in [0.05, 0.1) is 19.8 Å². The Morgan fingerprint density at radius 1 is 1.42 bits per heavy atom. The van der Waals surface area contributed by atoms with Crippen LogP contribution in [0.3, 0.4) is 0 Å². The van der Waals surface area contributed by atoms with Gasteiger partial charge in [-0.1, -0.05) is 12.1 Å². The van der Waals surface area contributed by atoms with Crippen molar-refractivity contribution in [3.05, 3.63) is 29.3 Å². The maximum Gasteiger partial charge on any atom is 0.122 e. The van der Waals surface area contributed by atoms with Gasteiger partial charge >= 0.3 is 0 Å². The van der Waals surface area contributed by atoms with E-state index in [1.165, 1.54) is 0 Å². The van der Waals surface area contributed by atoms with E-state index in [-0.39, 0.29) is 18.3 Å². The number of amidine groups is 1. The Kier molecular flexibility index (Phi) is 4.32. The van der Waals surface area contributed by atoms with E-state index in [0.29, 0.717) is 0 Å². The molecule has 4 nitrogen and oxygen atoms in total. The van der Waals surface area contributed by atoms with Crippen molar-refractivity contribution in [2.75, 3.05) is 20.2 Å². The second-order valence-corrected chi connectivity index (χ2v) is 4.81. The van der Waals surface area contributed by atoms with E-state index in [9.17, 15) is 5.11 Å². The summed E-state index contributed by atoms with van der Waals surface area (Å²) in [4.78, 5) is 4.44. The number of hydrogen-bond acceptors (Lipinski definition) is 4. The van der Waals surface area contributed by atoms with Crippen molar-refractivity contribution in [2.45, 2.75) is 18.9 Å². The Labute approximate surface area is 119 Å². The number of aliphatic hydroxyl groups is 1. The second kappa shape index (κ2) is 5.80. The van der Waals surface area contributed by atoms with Gasteiger partial charge in [-0.25, -0.2) is 0 Å². The average Bonchev–Trinajstić information content (AvgIpc) is 2.92. The third-order valence-electron chi connectivity index (χ3n) is 3.85. The minimum atomic E-state index is -0.479. The molecule has 0 saturated carbocycles. The number of halogens is 1. The molecule has 104 valence electrons. The molecule has 2 aliphatic rings. The van der Waals surface area contributed by atoms with E-state index >= 15 is 0 Å². The van der Waals surface area contributed by atoms with Crippen molar-refractivity contribution in [2.24, 2.45) is 10.9 Å². The van der Waals surface area contributed by atoms with Crippen LogP contribution in [-0.4, -0.2) is 31.1 Å². The van der Waals surface area contributed by atoms with Crippen LogP contribution in [0.5, 0.6) is 5.75 Å². The number of benzene rings is 1. The molecule has 0 saturated heterocycles. The van der Waals surface area contributed by atoms with Crippen molar-refractivity contribution >= 4 is 18.2 Å². The molecule has 0 spiro atoms. The average molecular weight is 283 g/mol. The summed E-state index contributed by atoms with van der Waals surface area (Å²) in [5.41, 5.74) is 2.13. The van der Waals surface area contributed by atoms with E-state index < -0.39 is 6.10 Å². The molecule has 5 heteroatoms. The molecule has 0 fully saturated rings. The fourth-order valence-electron chi connectivity index (χ4n) is 2.94. The molecule has 1 heterocycles. The summed E-state index contributed by atoms with van der Waals surface area (Å²) in [5, 5.41) is 13.8. The molecule has 2 N–H and O–H groups in total. The second-order valence-electron chi connectivity index (χ2n) is 4.81. The van der Waals surface area contributed by atoms with E-state index in [1.54, 1.807) is 7.11 Å². The number of nitrogens with one attached hydrogen (secondary N) is 1. The molecular formula is C14H19ClN2O2. The highest BCUT2D eigenvalue weighted by atomic mass is 35.5. The lowest BCUT2D eigenvalue weighted by atomic mass is 9.80. The lowest BCUT2D eigenvalue weighted by Crippen LogP contribution is -2.34. The molecule has 0 aromatic heterocycles. The number of ether oxygens (including phenoxy) is 1. The number of aliphatic imine (C=N–C) groups is 1. The predicted octanol–water partition coefficient (Wildman–Crippen LogP) is 1.71. The third-order valence-corrected chi connectivity index (χ3v) is 3.85. The first-order valence-electron chi connectivity index (χ1n) is 6.43. The summed E-state index contributed by atoms with van der Waals surface area (Å²) >= 11 is 0.